The van der Waals surface area contributed by atoms with Crippen molar-refractivity contribution in [3.8, 4) is 23.3 Å². The van der Waals surface area contributed by atoms with Gasteiger partial charge in [0.05, 0.1) is 47.3 Å². The third kappa shape index (κ3) is 10.2. The molecule has 9 rings (SSSR count). The summed E-state index contributed by atoms with van der Waals surface area (Å²) in [6.07, 6.45) is 6.45. The summed E-state index contributed by atoms with van der Waals surface area (Å²) in [4.78, 5) is 70.0. The van der Waals surface area contributed by atoms with Crippen molar-refractivity contribution in [1.82, 2.24) is 38.9 Å². The molecule has 69 heavy (non-hydrogen) atoms. The van der Waals surface area contributed by atoms with Gasteiger partial charge in [-0.2, -0.15) is 18.0 Å². The zero-order valence-corrected chi connectivity index (χ0v) is 38.3. The molecule has 5 aromatic rings. The lowest BCUT2D eigenvalue weighted by Crippen LogP contribution is -2.52. The van der Waals surface area contributed by atoms with E-state index in [1.165, 1.54) is 59.0 Å². The molecule has 0 bridgehead atoms. The van der Waals surface area contributed by atoms with Crippen LogP contribution >= 0.6 is 0 Å². The van der Waals surface area contributed by atoms with Crippen LogP contribution in [0.3, 0.4) is 0 Å². The molecule has 360 valence electrons. The van der Waals surface area contributed by atoms with Gasteiger partial charge in [-0.05, 0) is 92.7 Å². The number of piperazine rings is 1. The number of rotatable bonds is 13. The van der Waals surface area contributed by atoms with Crippen LogP contribution in [-0.2, 0) is 29.3 Å². The quantitative estimate of drug-likeness (QED) is 0.144. The summed E-state index contributed by atoms with van der Waals surface area (Å²) in [5.74, 6) is -2.16. The van der Waals surface area contributed by atoms with Gasteiger partial charge in [0.1, 0.15) is 35.6 Å². The van der Waals surface area contributed by atoms with Gasteiger partial charge in [-0.15, -0.1) is 0 Å². The number of piperidine rings is 2. The topological polar surface area (TPSA) is 237 Å². The average Bonchev–Trinajstić information content (AvgIpc) is 3.85. The van der Waals surface area contributed by atoms with Crippen molar-refractivity contribution in [2.75, 3.05) is 81.0 Å². The number of ether oxygens (including phenoxy) is 2. The minimum atomic E-state index is -4.12. The van der Waals surface area contributed by atoms with E-state index < -0.39 is 44.8 Å². The lowest BCUT2D eigenvalue weighted by Gasteiger charge is -2.37. The third-order valence-electron chi connectivity index (χ3n) is 13.0. The lowest BCUT2D eigenvalue weighted by atomic mass is 9.89. The van der Waals surface area contributed by atoms with Gasteiger partial charge in [0, 0.05) is 58.5 Å². The normalized spacial score (nSPS) is 19.6. The lowest BCUT2D eigenvalue weighted by molar-refractivity contribution is -0.134. The highest BCUT2D eigenvalue weighted by Gasteiger charge is 2.33. The van der Waals surface area contributed by atoms with E-state index in [1.54, 1.807) is 12.1 Å². The number of nitriles is 1. The number of fused-ring (bicyclic) bond motifs is 1. The van der Waals surface area contributed by atoms with Crippen molar-refractivity contribution in [1.29, 1.82) is 5.26 Å². The molecule has 4 fully saturated rings. The van der Waals surface area contributed by atoms with Crippen molar-refractivity contribution in [3.63, 3.8) is 0 Å². The molecule has 2 aromatic heterocycles. The fraction of sp³-hybridized carbons (Fsp3) is 0.391. The largest absolute Gasteiger partial charge is 0.453 e. The zero-order valence-electron chi connectivity index (χ0n) is 37.4. The summed E-state index contributed by atoms with van der Waals surface area (Å²) < 4.78 is 72.6. The number of nitrogens with one attached hydrogen (secondary N) is 3. The van der Waals surface area contributed by atoms with Crippen LogP contribution in [0.25, 0.3) is 16.6 Å². The molecule has 6 heterocycles. The maximum absolute atomic E-state index is 15.3. The van der Waals surface area contributed by atoms with Crippen molar-refractivity contribution in [2.24, 2.45) is 0 Å². The van der Waals surface area contributed by atoms with Crippen LogP contribution in [0.2, 0.25) is 0 Å². The minimum absolute atomic E-state index is 0.00187. The second-order valence-electron chi connectivity index (χ2n) is 17.3. The van der Waals surface area contributed by atoms with E-state index >= 15 is 8.78 Å². The van der Waals surface area contributed by atoms with E-state index in [0.29, 0.717) is 93.4 Å². The van der Waals surface area contributed by atoms with Crippen LogP contribution in [0.15, 0.2) is 72.0 Å². The molecule has 0 saturated carbocycles. The first kappa shape index (κ1) is 47.0. The Balaban J connectivity index is 0.781. The van der Waals surface area contributed by atoms with Crippen molar-refractivity contribution in [2.45, 2.75) is 50.2 Å². The molecule has 0 spiro atoms. The predicted octanol–water partition coefficient (Wildman–Crippen LogP) is 3.24. The standard InChI is InChI=1S/C46H48F2N12O8S/c1-67-32-12-15-59(25-32)69(65,66)55-39-7-5-36(47)43(35(39)22-49)68-31-3-6-38-34(21-31)45(64)60(27-52-38)30-23-50-46(51-24-30)58-18-16-57(17-19-58)42(62)26-56-13-10-28(11-14-56)33-4-2-29(20-37(33)48)53-40-8-9-41(61)54-44(40)63/h2-7,20-21,23-24,27-28,32,40,53,55H,8-19,25-26H2,1H3,(H,54,61,63)/t32?,40-/m0/s1. The van der Waals surface area contributed by atoms with Crippen molar-refractivity contribution < 1.29 is 41.1 Å². The number of halogens is 2. The van der Waals surface area contributed by atoms with Crippen LogP contribution < -0.4 is 30.6 Å². The Bertz CT molecular complexity index is 3010. The Kier molecular flexibility index (Phi) is 13.5. The number of aromatic nitrogens is 4. The van der Waals surface area contributed by atoms with Crippen LogP contribution in [-0.4, -0.2) is 138 Å². The molecule has 0 aliphatic carbocycles. The molecule has 3 N–H and O–H groups in total. The smallest absolute Gasteiger partial charge is 0.301 e. The van der Waals surface area contributed by atoms with Gasteiger partial charge in [0.2, 0.25) is 23.7 Å². The molecule has 3 amide bonds. The number of nitrogens with zero attached hydrogens (tertiary/aromatic N) is 9. The maximum Gasteiger partial charge on any atom is 0.301 e. The van der Waals surface area contributed by atoms with Gasteiger partial charge in [-0.1, -0.05) is 6.07 Å². The Morgan fingerprint density at radius 1 is 0.913 bits per heavy atom. The molecule has 0 radical (unpaired) electrons. The number of hydrogen-bond acceptors (Lipinski definition) is 15. The number of carbonyl (C=O) groups is 3. The molecule has 2 atom stereocenters. The van der Waals surface area contributed by atoms with E-state index in [2.05, 4.69) is 35.2 Å². The molecular weight excluding hydrogens is 919 g/mol. The molecule has 4 saturated heterocycles. The highest BCUT2D eigenvalue weighted by Crippen LogP contribution is 2.35. The number of imide groups is 1. The fourth-order valence-corrected chi connectivity index (χ4v) is 10.3. The van der Waals surface area contributed by atoms with Gasteiger partial charge in [0.15, 0.2) is 11.6 Å². The Morgan fingerprint density at radius 2 is 1.68 bits per heavy atom. The first-order valence-corrected chi connectivity index (χ1v) is 23.9. The molecule has 3 aromatic carbocycles. The number of amides is 3. The minimum Gasteiger partial charge on any atom is -0.453 e. The van der Waals surface area contributed by atoms with E-state index in [0.717, 1.165) is 12.1 Å². The number of carbonyl (C=O) groups excluding carboxylic acids is 3. The Hall–Kier alpha value is -7.13. The Labute approximate surface area is 395 Å². The van der Waals surface area contributed by atoms with Gasteiger partial charge in [-0.25, -0.2) is 23.7 Å². The number of likely N-dealkylation sites (tertiary alicyclic amines) is 1. The van der Waals surface area contributed by atoms with Crippen molar-refractivity contribution >= 4 is 56.2 Å². The summed E-state index contributed by atoms with van der Waals surface area (Å²) in [7, 11) is -2.62. The van der Waals surface area contributed by atoms with Crippen LogP contribution in [0.1, 0.15) is 49.1 Å². The van der Waals surface area contributed by atoms with Gasteiger partial charge >= 0.3 is 10.2 Å². The number of benzene rings is 3. The second kappa shape index (κ2) is 19.8. The van der Waals surface area contributed by atoms with Gasteiger partial charge in [-0.3, -0.25) is 38.7 Å². The summed E-state index contributed by atoms with van der Waals surface area (Å²) in [5, 5.41) is 15.4. The van der Waals surface area contributed by atoms with E-state index in [-0.39, 0.29) is 72.5 Å². The number of hydrogen-bond donors (Lipinski definition) is 3. The third-order valence-corrected chi connectivity index (χ3v) is 14.5. The average molecular weight is 967 g/mol. The molecule has 4 aliphatic rings. The summed E-state index contributed by atoms with van der Waals surface area (Å²) in [5.41, 5.74) is 0.603. The summed E-state index contributed by atoms with van der Waals surface area (Å²) in [6.45, 7) is 3.72. The van der Waals surface area contributed by atoms with Crippen LogP contribution in [0.4, 0.5) is 26.1 Å². The summed E-state index contributed by atoms with van der Waals surface area (Å²) >= 11 is 0. The van der Waals surface area contributed by atoms with Crippen molar-refractivity contribution in [3.05, 3.63) is 100 Å². The number of anilines is 3. The first-order chi connectivity index (χ1) is 33.3. The van der Waals surface area contributed by atoms with Crippen LogP contribution in [0.5, 0.6) is 11.5 Å². The van der Waals surface area contributed by atoms with Crippen LogP contribution in [0, 0.1) is 23.0 Å². The van der Waals surface area contributed by atoms with Gasteiger partial charge < -0.3 is 24.6 Å². The molecule has 23 heteroatoms. The maximum atomic E-state index is 15.3. The van der Waals surface area contributed by atoms with E-state index in [9.17, 15) is 32.9 Å². The Morgan fingerprint density at radius 3 is 2.38 bits per heavy atom. The predicted molar refractivity (Wildman–Crippen MR) is 247 cm³/mol. The first-order valence-electron chi connectivity index (χ1n) is 22.5. The van der Waals surface area contributed by atoms with E-state index in [1.807, 2.05) is 15.9 Å². The number of methoxy groups -OCH3 is 1. The summed E-state index contributed by atoms with van der Waals surface area (Å²) in [6, 6.07) is 12.5. The molecule has 4 aliphatic heterocycles. The molecular formula is C46H48F2N12O8S. The van der Waals surface area contributed by atoms with E-state index in [4.69, 9.17) is 9.47 Å². The fourth-order valence-electron chi connectivity index (χ4n) is 9.06. The second-order valence-corrected chi connectivity index (χ2v) is 18.9. The highest BCUT2D eigenvalue weighted by atomic mass is 32.2. The monoisotopic (exact) mass is 966 g/mol. The molecule has 1 unspecified atom stereocenters. The zero-order chi connectivity index (χ0) is 48.4. The highest BCUT2D eigenvalue weighted by molar-refractivity contribution is 7.90. The van der Waals surface area contributed by atoms with Gasteiger partial charge in [0.25, 0.3) is 5.56 Å². The SMILES string of the molecule is COC1CCN(S(=O)(=O)Nc2ccc(F)c(Oc3ccc4ncn(-c5cnc(N6CCN(C(=O)CN7CCC(c8ccc(N[C@H]9CCC(=O)NC9=O)cc8F)CC7)CC6)nc5)c(=O)c4c3)c2C#N)C1. The molecule has 20 nitrogen and oxygen atoms in total.